The first-order chi connectivity index (χ1) is 12.3. The fourth-order valence-corrected chi connectivity index (χ4v) is 3.45. The molecule has 2 unspecified atom stereocenters. The summed E-state index contributed by atoms with van der Waals surface area (Å²) in [6.07, 6.45) is -1.80. The van der Waals surface area contributed by atoms with Crippen LogP contribution in [0.2, 0.25) is 0 Å². The van der Waals surface area contributed by atoms with Crippen LogP contribution in [0, 0.1) is 0 Å². The van der Waals surface area contributed by atoms with Crippen LogP contribution in [-0.4, -0.2) is 43.0 Å². The number of hydrogen-bond acceptors (Lipinski definition) is 3. The van der Waals surface area contributed by atoms with E-state index >= 15 is 0 Å². The summed E-state index contributed by atoms with van der Waals surface area (Å²) in [6.45, 7) is 6.85. The number of alkyl halides is 3. The smallest absolute Gasteiger partial charge is 0.354 e. The zero-order chi connectivity index (χ0) is 19.2. The van der Waals surface area contributed by atoms with Gasteiger partial charge in [0.25, 0.3) is 0 Å². The molecule has 0 spiro atoms. The Morgan fingerprint density at radius 2 is 1.82 bits per heavy atom. The summed E-state index contributed by atoms with van der Waals surface area (Å²) in [5, 5.41) is 6.25. The van der Waals surface area contributed by atoms with Gasteiger partial charge < -0.3 is 10.6 Å². The first-order valence-electron chi connectivity index (χ1n) is 9.26. The SMILES string of the molecule is CCN(CC)C(CNC(=O)CC1CCCN1)c1ccc(C(F)(F)F)cc1.Cl.Cl. The van der Waals surface area contributed by atoms with Gasteiger partial charge in [0.1, 0.15) is 0 Å². The minimum atomic E-state index is -4.34. The van der Waals surface area contributed by atoms with Crippen LogP contribution in [0.3, 0.4) is 0 Å². The Balaban J connectivity index is 0.00000364. The third-order valence-electron chi connectivity index (χ3n) is 4.96. The number of rotatable bonds is 8. The normalized spacial score (nSPS) is 17.6. The molecule has 1 aliphatic heterocycles. The molecule has 2 atom stereocenters. The molecule has 1 saturated heterocycles. The van der Waals surface area contributed by atoms with Crippen molar-refractivity contribution < 1.29 is 18.0 Å². The van der Waals surface area contributed by atoms with Crippen LogP contribution >= 0.6 is 24.8 Å². The number of likely N-dealkylation sites (N-methyl/N-ethyl adjacent to an activating group) is 1. The predicted octanol–water partition coefficient (Wildman–Crippen LogP) is 4.19. The third kappa shape index (κ3) is 7.78. The van der Waals surface area contributed by atoms with E-state index in [9.17, 15) is 18.0 Å². The van der Waals surface area contributed by atoms with E-state index in [1.165, 1.54) is 12.1 Å². The number of benzene rings is 1. The van der Waals surface area contributed by atoms with Crippen molar-refractivity contribution in [2.45, 2.75) is 51.4 Å². The Bertz CT molecular complexity index is 575. The van der Waals surface area contributed by atoms with Crippen LogP contribution < -0.4 is 10.6 Å². The monoisotopic (exact) mass is 443 g/mol. The van der Waals surface area contributed by atoms with Gasteiger partial charge in [-0.1, -0.05) is 26.0 Å². The Hall–Kier alpha value is -1.02. The molecule has 1 aliphatic rings. The highest BCUT2D eigenvalue weighted by atomic mass is 35.5. The number of hydrogen-bond donors (Lipinski definition) is 2. The van der Waals surface area contributed by atoms with Crippen molar-refractivity contribution in [3.8, 4) is 0 Å². The summed E-state index contributed by atoms with van der Waals surface area (Å²) in [5.41, 5.74) is 0.122. The lowest BCUT2D eigenvalue weighted by atomic mass is 10.0. The minimum Gasteiger partial charge on any atom is -0.354 e. The third-order valence-corrected chi connectivity index (χ3v) is 4.96. The number of nitrogens with one attached hydrogen (secondary N) is 2. The number of amides is 1. The van der Waals surface area contributed by atoms with Gasteiger partial charge >= 0.3 is 6.18 Å². The fourth-order valence-electron chi connectivity index (χ4n) is 3.45. The molecule has 4 nitrogen and oxygen atoms in total. The molecule has 2 rings (SSSR count). The van der Waals surface area contributed by atoms with Gasteiger partial charge in [0, 0.05) is 19.0 Å². The molecule has 0 aliphatic carbocycles. The maximum atomic E-state index is 12.8. The molecule has 0 radical (unpaired) electrons. The number of nitrogens with zero attached hydrogens (tertiary/aromatic N) is 1. The van der Waals surface area contributed by atoms with Gasteiger partial charge in [0.05, 0.1) is 11.6 Å². The van der Waals surface area contributed by atoms with Gasteiger partial charge in [-0.3, -0.25) is 9.69 Å². The van der Waals surface area contributed by atoms with Gasteiger partial charge in [0.15, 0.2) is 0 Å². The molecule has 1 heterocycles. The summed E-state index contributed by atoms with van der Waals surface area (Å²) in [4.78, 5) is 14.3. The van der Waals surface area contributed by atoms with Gasteiger partial charge in [0.2, 0.25) is 5.91 Å². The molecule has 0 saturated carbocycles. The molecule has 0 aromatic heterocycles. The molecular formula is C19H30Cl2F3N3O. The first kappa shape index (κ1) is 27.0. The van der Waals surface area contributed by atoms with E-state index in [-0.39, 0.29) is 42.8 Å². The number of halogens is 5. The van der Waals surface area contributed by atoms with Crippen molar-refractivity contribution in [1.29, 1.82) is 0 Å². The molecule has 1 aromatic rings. The highest BCUT2D eigenvalue weighted by Crippen LogP contribution is 2.30. The van der Waals surface area contributed by atoms with Crippen LogP contribution in [0.5, 0.6) is 0 Å². The molecule has 28 heavy (non-hydrogen) atoms. The lowest BCUT2D eigenvalue weighted by Gasteiger charge is -2.30. The highest BCUT2D eigenvalue weighted by Gasteiger charge is 2.30. The predicted molar refractivity (Wildman–Crippen MR) is 110 cm³/mol. The van der Waals surface area contributed by atoms with Crippen molar-refractivity contribution in [3.63, 3.8) is 0 Å². The van der Waals surface area contributed by atoms with Gasteiger partial charge in [-0.25, -0.2) is 0 Å². The van der Waals surface area contributed by atoms with Crippen molar-refractivity contribution >= 4 is 30.7 Å². The molecule has 162 valence electrons. The van der Waals surface area contributed by atoms with Crippen LogP contribution in [-0.2, 0) is 11.0 Å². The molecule has 2 N–H and O–H groups in total. The highest BCUT2D eigenvalue weighted by molar-refractivity contribution is 5.85. The maximum absolute atomic E-state index is 12.8. The lowest BCUT2D eigenvalue weighted by Crippen LogP contribution is -2.39. The topological polar surface area (TPSA) is 44.4 Å². The van der Waals surface area contributed by atoms with E-state index in [2.05, 4.69) is 15.5 Å². The quantitative estimate of drug-likeness (QED) is 0.632. The van der Waals surface area contributed by atoms with E-state index < -0.39 is 11.7 Å². The average Bonchev–Trinajstić information content (AvgIpc) is 3.11. The summed E-state index contributed by atoms with van der Waals surface area (Å²) < 4.78 is 38.4. The zero-order valence-electron chi connectivity index (χ0n) is 16.2. The number of carbonyl (C=O) groups excluding carboxylic acids is 1. The second kappa shape index (κ2) is 12.5. The van der Waals surface area contributed by atoms with Crippen LogP contribution in [0.15, 0.2) is 24.3 Å². The molecule has 1 aromatic carbocycles. The lowest BCUT2D eigenvalue weighted by molar-refractivity contribution is -0.137. The summed E-state index contributed by atoms with van der Waals surface area (Å²) in [5.74, 6) is -0.0199. The molecule has 1 amide bonds. The summed E-state index contributed by atoms with van der Waals surface area (Å²) >= 11 is 0. The van der Waals surface area contributed by atoms with Crippen LogP contribution in [0.4, 0.5) is 13.2 Å². The van der Waals surface area contributed by atoms with E-state index in [0.717, 1.165) is 50.2 Å². The maximum Gasteiger partial charge on any atom is 0.416 e. The van der Waals surface area contributed by atoms with Gasteiger partial charge in [-0.15, -0.1) is 24.8 Å². The van der Waals surface area contributed by atoms with Gasteiger partial charge in [-0.05, 0) is 50.2 Å². The second-order valence-corrected chi connectivity index (χ2v) is 6.66. The fraction of sp³-hybridized carbons (Fsp3) is 0.632. The second-order valence-electron chi connectivity index (χ2n) is 6.66. The Labute approximate surface area is 177 Å². The van der Waals surface area contributed by atoms with E-state index in [1.807, 2.05) is 13.8 Å². The molecule has 9 heteroatoms. The van der Waals surface area contributed by atoms with Crippen molar-refractivity contribution in [3.05, 3.63) is 35.4 Å². The summed E-state index contributed by atoms with van der Waals surface area (Å²) in [7, 11) is 0. The number of carbonyl (C=O) groups is 1. The molecule has 0 bridgehead atoms. The van der Waals surface area contributed by atoms with E-state index in [4.69, 9.17) is 0 Å². The Morgan fingerprint density at radius 3 is 2.29 bits per heavy atom. The van der Waals surface area contributed by atoms with E-state index in [0.29, 0.717) is 13.0 Å². The largest absolute Gasteiger partial charge is 0.416 e. The molecule has 1 fully saturated rings. The van der Waals surface area contributed by atoms with Crippen LogP contribution in [0.1, 0.15) is 50.3 Å². The Kier molecular flexibility index (Phi) is 12.1. The standard InChI is InChI=1S/C19H28F3N3O.2ClH/c1-3-25(4-2)17(13-24-18(26)12-16-6-5-11-23-16)14-7-9-15(10-8-14)19(20,21)22;;/h7-10,16-17,23H,3-6,11-13H2,1-2H3,(H,24,26);2*1H. The minimum absolute atomic E-state index is 0. The first-order valence-corrected chi connectivity index (χ1v) is 9.26. The summed E-state index contributed by atoms with van der Waals surface area (Å²) in [6, 6.07) is 5.32. The van der Waals surface area contributed by atoms with Crippen molar-refractivity contribution in [2.75, 3.05) is 26.2 Å². The molecular weight excluding hydrogens is 414 g/mol. The van der Waals surface area contributed by atoms with E-state index in [1.54, 1.807) is 0 Å². The Morgan fingerprint density at radius 1 is 1.21 bits per heavy atom. The van der Waals surface area contributed by atoms with Crippen molar-refractivity contribution in [2.24, 2.45) is 0 Å². The average molecular weight is 444 g/mol. The van der Waals surface area contributed by atoms with Crippen molar-refractivity contribution in [1.82, 2.24) is 15.5 Å². The zero-order valence-corrected chi connectivity index (χ0v) is 17.9. The van der Waals surface area contributed by atoms with Gasteiger partial charge in [-0.2, -0.15) is 13.2 Å². The van der Waals surface area contributed by atoms with Crippen LogP contribution in [0.25, 0.3) is 0 Å².